The van der Waals surface area contributed by atoms with E-state index in [0.717, 1.165) is 36.7 Å². The van der Waals surface area contributed by atoms with Gasteiger partial charge in [-0.05, 0) is 63.1 Å². The van der Waals surface area contributed by atoms with Crippen LogP contribution < -0.4 is 15.4 Å². The highest BCUT2D eigenvalue weighted by Gasteiger charge is 2.36. The van der Waals surface area contributed by atoms with Crippen LogP contribution >= 0.6 is 0 Å². The number of amides is 2. The van der Waals surface area contributed by atoms with E-state index in [9.17, 15) is 4.79 Å². The van der Waals surface area contributed by atoms with Gasteiger partial charge in [0, 0.05) is 12.6 Å². The molecule has 1 saturated carbocycles. The van der Waals surface area contributed by atoms with Crippen LogP contribution in [0, 0.1) is 5.92 Å². The molecule has 2 fully saturated rings. The molecule has 1 heterocycles. The van der Waals surface area contributed by atoms with Gasteiger partial charge in [0.2, 0.25) is 0 Å². The van der Waals surface area contributed by atoms with E-state index < -0.39 is 0 Å². The third-order valence-corrected chi connectivity index (χ3v) is 4.84. The molecule has 132 valence electrons. The molecule has 1 aromatic rings. The first-order chi connectivity index (χ1) is 11.7. The van der Waals surface area contributed by atoms with Crippen molar-refractivity contribution in [3.8, 4) is 5.75 Å². The lowest BCUT2D eigenvalue weighted by Crippen LogP contribution is -2.47. The van der Waals surface area contributed by atoms with Crippen LogP contribution in [0.2, 0.25) is 0 Å². The van der Waals surface area contributed by atoms with Gasteiger partial charge in [-0.1, -0.05) is 12.1 Å². The van der Waals surface area contributed by atoms with Crippen LogP contribution in [0.1, 0.15) is 51.1 Å². The molecule has 0 bridgehead atoms. The minimum Gasteiger partial charge on any atom is -0.494 e. The molecule has 0 unspecified atom stereocenters. The van der Waals surface area contributed by atoms with E-state index in [1.54, 1.807) is 0 Å². The minimum atomic E-state index is -0.0992. The highest BCUT2D eigenvalue weighted by atomic mass is 16.5. The Morgan fingerprint density at radius 1 is 1.29 bits per heavy atom. The smallest absolute Gasteiger partial charge is 0.315 e. The zero-order chi connectivity index (χ0) is 16.9. The van der Waals surface area contributed by atoms with Crippen molar-refractivity contribution in [1.29, 1.82) is 0 Å². The maximum atomic E-state index is 12.3. The highest BCUT2D eigenvalue weighted by Crippen LogP contribution is 2.38. The summed E-state index contributed by atoms with van der Waals surface area (Å²) in [5.74, 6) is 1.58. The third kappa shape index (κ3) is 4.63. The van der Waals surface area contributed by atoms with Crippen LogP contribution in [-0.2, 0) is 4.74 Å². The normalized spacial score (nSPS) is 24.9. The average molecular weight is 332 g/mol. The maximum Gasteiger partial charge on any atom is 0.315 e. The number of ether oxygens (including phenoxy) is 2. The Labute approximate surface area is 144 Å². The average Bonchev–Trinajstić information content (AvgIpc) is 3.41. The number of benzene rings is 1. The summed E-state index contributed by atoms with van der Waals surface area (Å²) in [7, 11) is 0. The predicted molar refractivity (Wildman–Crippen MR) is 93.2 cm³/mol. The molecule has 0 spiro atoms. The number of nitrogens with one attached hydrogen (secondary N) is 2. The second kappa shape index (κ2) is 7.88. The van der Waals surface area contributed by atoms with Crippen LogP contribution in [-0.4, -0.2) is 31.4 Å². The second-order valence-corrected chi connectivity index (χ2v) is 6.81. The van der Waals surface area contributed by atoms with Gasteiger partial charge >= 0.3 is 6.03 Å². The Kier molecular flexibility index (Phi) is 5.61. The number of urea groups is 1. The van der Waals surface area contributed by atoms with E-state index in [2.05, 4.69) is 10.6 Å². The molecule has 0 aromatic heterocycles. The van der Waals surface area contributed by atoms with E-state index in [4.69, 9.17) is 9.47 Å². The van der Waals surface area contributed by atoms with Crippen molar-refractivity contribution in [2.45, 2.75) is 57.7 Å². The SMILES string of the molecule is CCOc1ccc([C@H](C)NC(=O)N[C@H]2CCO[C@@H](C3CC3)C2)cc1. The monoisotopic (exact) mass is 332 g/mol. The van der Waals surface area contributed by atoms with Crippen molar-refractivity contribution in [3.05, 3.63) is 29.8 Å². The summed E-state index contributed by atoms with van der Waals surface area (Å²) in [6.45, 7) is 5.36. The zero-order valence-corrected chi connectivity index (χ0v) is 14.6. The second-order valence-electron chi connectivity index (χ2n) is 6.81. The molecule has 0 radical (unpaired) electrons. The Morgan fingerprint density at radius 3 is 2.71 bits per heavy atom. The molecule has 3 rings (SSSR count). The third-order valence-electron chi connectivity index (χ3n) is 4.84. The molecule has 1 aromatic carbocycles. The number of carbonyl (C=O) groups is 1. The van der Waals surface area contributed by atoms with Gasteiger partial charge in [0.05, 0.1) is 18.8 Å². The summed E-state index contributed by atoms with van der Waals surface area (Å²) in [4.78, 5) is 12.3. The summed E-state index contributed by atoms with van der Waals surface area (Å²) in [6, 6.07) is 7.94. The van der Waals surface area contributed by atoms with Crippen LogP contribution in [0.5, 0.6) is 5.75 Å². The predicted octanol–water partition coefficient (Wildman–Crippen LogP) is 3.40. The minimum absolute atomic E-state index is 0.0419. The first-order valence-electron chi connectivity index (χ1n) is 9.07. The lowest BCUT2D eigenvalue weighted by Gasteiger charge is -2.30. The van der Waals surface area contributed by atoms with Gasteiger partial charge in [-0.15, -0.1) is 0 Å². The van der Waals surface area contributed by atoms with Gasteiger partial charge in [0.15, 0.2) is 0 Å². The molecule has 5 nitrogen and oxygen atoms in total. The van der Waals surface area contributed by atoms with Crippen LogP contribution in [0.3, 0.4) is 0 Å². The molecule has 3 atom stereocenters. The molecule has 2 N–H and O–H groups in total. The van der Waals surface area contributed by atoms with Crippen molar-refractivity contribution >= 4 is 6.03 Å². The standard InChI is InChI=1S/C19H28N2O3/c1-3-23-17-8-6-14(7-9-17)13(2)20-19(22)21-16-10-11-24-18(12-16)15-4-5-15/h6-9,13,15-16,18H,3-5,10-12H2,1-2H3,(H2,20,21,22)/t13-,16-,18+/m0/s1. The molecular weight excluding hydrogens is 304 g/mol. The van der Waals surface area contributed by atoms with Crippen molar-refractivity contribution in [3.63, 3.8) is 0 Å². The Balaban J connectivity index is 1.46. The van der Waals surface area contributed by atoms with E-state index in [1.165, 1.54) is 12.8 Å². The van der Waals surface area contributed by atoms with Crippen LogP contribution in [0.15, 0.2) is 24.3 Å². The van der Waals surface area contributed by atoms with Gasteiger partial charge in [-0.3, -0.25) is 0 Å². The zero-order valence-electron chi connectivity index (χ0n) is 14.6. The quantitative estimate of drug-likeness (QED) is 0.839. The first-order valence-corrected chi connectivity index (χ1v) is 9.07. The Bertz CT molecular complexity index is 542. The Hall–Kier alpha value is -1.75. The van der Waals surface area contributed by atoms with E-state index in [1.807, 2.05) is 38.1 Å². The summed E-state index contributed by atoms with van der Waals surface area (Å²) in [5, 5.41) is 6.13. The number of hydrogen-bond acceptors (Lipinski definition) is 3. The lowest BCUT2D eigenvalue weighted by atomic mass is 10.0. The van der Waals surface area contributed by atoms with Crippen molar-refractivity contribution in [2.75, 3.05) is 13.2 Å². The highest BCUT2D eigenvalue weighted by molar-refractivity contribution is 5.74. The van der Waals surface area contributed by atoms with Gasteiger partial charge in [-0.2, -0.15) is 0 Å². The number of carbonyl (C=O) groups excluding carboxylic acids is 1. The van der Waals surface area contributed by atoms with Gasteiger partial charge in [0.25, 0.3) is 0 Å². The fourth-order valence-electron chi connectivity index (χ4n) is 3.28. The van der Waals surface area contributed by atoms with Crippen LogP contribution in [0.4, 0.5) is 4.79 Å². The summed E-state index contributed by atoms with van der Waals surface area (Å²) < 4.78 is 11.3. The number of hydrogen-bond donors (Lipinski definition) is 2. The molecule has 2 amide bonds. The fourth-order valence-corrected chi connectivity index (χ4v) is 3.28. The largest absolute Gasteiger partial charge is 0.494 e. The van der Waals surface area contributed by atoms with Crippen LogP contribution in [0.25, 0.3) is 0 Å². The lowest BCUT2D eigenvalue weighted by molar-refractivity contribution is -0.00917. The van der Waals surface area contributed by atoms with Gasteiger partial charge in [0.1, 0.15) is 5.75 Å². The van der Waals surface area contributed by atoms with E-state index in [0.29, 0.717) is 12.7 Å². The Morgan fingerprint density at radius 2 is 2.04 bits per heavy atom. The van der Waals surface area contributed by atoms with Crippen molar-refractivity contribution in [1.82, 2.24) is 10.6 Å². The van der Waals surface area contributed by atoms with E-state index >= 15 is 0 Å². The topological polar surface area (TPSA) is 59.6 Å². The molecular formula is C19H28N2O3. The van der Waals surface area contributed by atoms with E-state index in [-0.39, 0.29) is 18.1 Å². The van der Waals surface area contributed by atoms with Gasteiger partial charge in [-0.25, -0.2) is 4.79 Å². The molecule has 24 heavy (non-hydrogen) atoms. The van der Waals surface area contributed by atoms with Crippen molar-refractivity contribution in [2.24, 2.45) is 5.92 Å². The summed E-state index contributed by atoms with van der Waals surface area (Å²) in [6.07, 6.45) is 4.73. The maximum absolute atomic E-state index is 12.3. The molecule has 1 aliphatic heterocycles. The fraction of sp³-hybridized carbons (Fsp3) is 0.632. The molecule has 1 saturated heterocycles. The molecule has 1 aliphatic carbocycles. The molecule has 2 aliphatic rings. The van der Waals surface area contributed by atoms with Crippen molar-refractivity contribution < 1.29 is 14.3 Å². The summed E-state index contributed by atoms with van der Waals surface area (Å²) >= 11 is 0. The first kappa shape index (κ1) is 17.1. The molecule has 5 heteroatoms. The number of rotatable bonds is 6. The summed E-state index contributed by atoms with van der Waals surface area (Å²) in [5.41, 5.74) is 1.07. The van der Waals surface area contributed by atoms with Gasteiger partial charge < -0.3 is 20.1 Å².